The predicted octanol–water partition coefficient (Wildman–Crippen LogP) is 3.75. The van der Waals surface area contributed by atoms with Crippen LogP contribution in [0.5, 0.6) is 0 Å². The number of amides is 1. The van der Waals surface area contributed by atoms with Crippen molar-refractivity contribution in [3.8, 4) is 0 Å². The van der Waals surface area contributed by atoms with Gasteiger partial charge in [-0.05, 0) is 37.5 Å². The molecule has 22 heavy (non-hydrogen) atoms. The molecule has 4 nitrogen and oxygen atoms in total. The van der Waals surface area contributed by atoms with Crippen LogP contribution in [0.2, 0.25) is 0 Å². The summed E-state index contributed by atoms with van der Waals surface area (Å²) in [5.41, 5.74) is 1.01. The number of benzene rings is 1. The Morgan fingerprint density at radius 1 is 1.23 bits per heavy atom. The van der Waals surface area contributed by atoms with Crippen LogP contribution in [-0.2, 0) is 14.3 Å². The minimum absolute atomic E-state index is 0.0227. The van der Waals surface area contributed by atoms with E-state index in [0.29, 0.717) is 0 Å². The summed E-state index contributed by atoms with van der Waals surface area (Å²) in [5, 5.41) is 2.84. The highest BCUT2D eigenvalue weighted by Gasteiger charge is 2.23. The van der Waals surface area contributed by atoms with Gasteiger partial charge in [0.05, 0.1) is 12.0 Å². The average Bonchev–Trinajstić information content (AvgIpc) is 2.54. The number of rotatable bonds is 5. The van der Waals surface area contributed by atoms with Crippen LogP contribution >= 0.6 is 15.9 Å². The molecule has 1 aromatic rings. The summed E-state index contributed by atoms with van der Waals surface area (Å²) in [5.74, 6) is -0.517. The maximum absolute atomic E-state index is 11.9. The van der Waals surface area contributed by atoms with Crippen molar-refractivity contribution in [2.75, 3.05) is 6.61 Å². The molecule has 0 heterocycles. The zero-order valence-electron chi connectivity index (χ0n) is 12.8. The topological polar surface area (TPSA) is 55.4 Å². The van der Waals surface area contributed by atoms with Crippen LogP contribution in [0.25, 0.3) is 0 Å². The number of hydrogen-bond donors (Lipinski definition) is 1. The van der Waals surface area contributed by atoms with Gasteiger partial charge in [-0.2, -0.15) is 0 Å². The van der Waals surface area contributed by atoms with Gasteiger partial charge in [-0.3, -0.25) is 9.59 Å². The molecule has 2 rings (SSSR count). The van der Waals surface area contributed by atoms with Gasteiger partial charge in [0.25, 0.3) is 5.91 Å². The number of carbonyl (C=O) groups excluding carboxylic acids is 2. The minimum atomic E-state index is -0.264. The first kappa shape index (κ1) is 17.0. The number of carbonyl (C=O) groups is 2. The highest BCUT2D eigenvalue weighted by Crippen LogP contribution is 2.24. The second kappa shape index (κ2) is 8.32. The molecule has 1 fully saturated rings. The van der Waals surface area contributed by atoms with E-state index in [2.05, 4.69) is 21.2 Å². The van der Waals surface area contributed by atoms with Crippen molar-refractivity contribution in [3.05, 3.63) is 34.3 Å². The number of ether oxygens (including phenoxy) is 1. The maximum Gasteiger partial charge on any atom is 0.309 e. The van der Waals surface area contributed by atoms with E-state index < -0.39 is 0 Å². The van der Waals surface area contributed by atoms with Crippen molar-refractivity contribution in [1.82, 2.24) is 5.32 Å². The van der Waals surface area contributed by atoms with Gasteiger partial charge in [0.1, 0.15) is 0 Å². The van der Waals surface area contributed by atoms with Crippen LogP contribution in [0.15, 0.2) is 28.7 Å². The summed E-state index contributed by atoms with van der Waals surface area (Å²) in [6.45, 7) is 1.71. The van der Waals surface area contributed by atoms with E-state index >= 15 is 0 Å². The quantitative estimate of drug-likeness (QED) is 0.806. The van der Waals surface area contributed by atoms with Gasteiger partial charge in [-0.15, -0.1) is 0 Å². The molecule has 0 aromatic heterocycles. The molecule has 0 spiro atoms. The normalized spacial score (nSPS) is 16.8. The summed E-state index contributed by atoms with van der Waals surface area (Å²) in [6, 6.07) is 7.64. The summed E-state index contributed by atoms with van der Waals surface area (Å²) in [7, 11) is 0. The average molecular weight is 368 g/mol. The largest absolute Gasteiger partial charge is 0.455 e. The van der Waals surface area contributed by atoms with E-state index in [4.69, 9.17) is 4.74 Å². The van der Waals surface area contributed by atoms with Crippen molar-refractivity contribution < 1.29 is 14.3 Å². The molecule has 0 saturated heterocycles. The predicted molar refractivity (Wildman–Crippen MR) is 88.2 cm³/mol. The van der Waals surface area contributed by atoms with Crippen molar-refractivity contribution in [3.63, 3.8) is 0 Å². The lowest BCUT2D eigenvalue weighted by Gasteiger charge is -2.20. The zero-order chi connectivity index (χ0) is 15.9. The van der Waals surface area contributed by atoms with E-state index in [-0.39, 0.29) is 30.4 Å². The first-order chi connectivity index (χ1) is 10.6. The monoisotopic (exact) mass is 367 g/mol. The van der Waals surface area contributed by atoms with Gasteiger partial charge >= 0.3 is 5.97 Å². The van der Waals surface area contributed by atoms with E-state index in [9.17, 15) is 9.59 Å². The summed E-state index contributed by atoms with van der Waals surface area (Å²) >= 11 is 3.38. The number of halogens is 1. The molecule has 1 N–H and O–H groups in total. The number of esters is 1. The Hall–Kier alpha value is -1.36. The van der Waals surface area contributed by atoms with Crippen LogP contribution in [-0.4, -0.2) is 18.5 Å². The Bertz CT molecular complexity index is 509. The smallest absolute Gasteiger partial charge is 0.309 e. The molecule has 1 aliphatic carbocycles. The van der Waals surface area contributed by atoms with Crippen LogP contribution < -0.4 is 5.32 Å². The highest BCUT2D eigenvalue weighted by molar-refractivity contribution is 9.10. The molecular formula is C17H22BrNO3. The van der Waals surface area contributed by atoms with Crippen LogP contribution in [0.4, 0.5) is 0 Å². The lowest BCUT2D eigenvalue weighted by molar-refractivity contribution is -0.153. The molecule has 120 valence electrons. The van der Waals surface area contributed by atoms with Gasteiger partial charge < -0.3 is 10.1 Å². The van der Waals surface area contributed by atoms with E-state index in [1.165, 1.54) is 6.42 Å². The fourth-order valence-corrected chi connectivity index (χ4v) is 2.98. The Kier molecular flexibility index (Phi) is 6.43. The van der Waals surface area contributed by atoms with Crippen LogP contribution in [0.3, 0.4) is 0 Å². The molecule has 1 amide bonds. The standard InChI is InChI=1S/C17H22BrNO3/c1-12(13-7-9-15(18)10-8-13)19-16(20)11-22-17(21)14-5-3-2-4-6-14/h7-10,12,14H,2-6,11H2,1H3,(H,19,20)/t12-/m0/s1. The second-order valence-corrected chi connectivity index (χ2v) is 6.70. The third kappa shape index (κ3) is 5.13. The van der Waals surface area contributed by atoms with Gasteiger partial charge in [0.15, 0.2) is 6.61 Å². The SMILES string of the molecule is C[C@H](NC(=O)COC(=O)C1CCCCC1)c1ccc(Br)cc1. The number of nitrogens with one attached hydrogen (secondary N) is 1. The van der Waals surface area contributed by atoms with Crippen molar-refractivity contribution in [1.29, 1.82) is 0 Å². The molecule has 5 heteroatoms. The first-order valence-corrected chi connectivity index (χ1v) is 8.57. The maximum atomic E-state index is 11.9. The Labute approximate surface area is 139 Å². The third-order valence-electron chi connectivity index (χ3n) is 4.03. The molecule has 1 aromatic carbocycles. The van der Waals surface area contributed by atoms with Gasteiger partial charge in [0, 0.05) is 4.47 Å². The molecule has 0 radical (unpaired) electrons. The van der Waals surface area contributed by atoms with E-state index in [1.54, 1.807) is 0 Å². The Balaban J connectivity index is 1.75. The van der Waals surface area contributed by atoms with Crippen molar-refractivity contribution in [2.45, 2.75) is 45.1 Å². The molecule has 1 saturated carbocycles. The molecule has 1 atom stereocenters. The first-order valence-electron chi connectivity index (χ1n) is 7.77. The molecule has 1 aliphatic rings. The molecular weight excluding hydrogens is 346 g/mol. The summed E-state index contributed by atoms with van der Waals surface area (Å²) in [6.07, 6.45) is 5.11. The zero-order valence-corrected chi connectivity index (χ0v) is 14.4. The third-order valence-corrected chi connectivity index (χ3v) is 4.56. The van der Waals surface area contributed by atoms with E-state index in [1.807, 2.05) is 31.2 Å². The van der Waals surface area contributed by atoms with Gasteiger partial charge in [-0.25, -0.2) is 0 Å². The van der Waals surface area contributed by atoms with Gasteiger partial charge in [-0.1, -0.05) is 47.3 Å². The minimum Gasteiger partial charge on any atom is -0.455 e. The molecule has 0 bridgehead atoms. The van der Waals surface area contributed by atoms with Gasteiger partial charge in [0.2, 0.25) is 0 Å². The Morgan fingerprint density at radius 3 is 2.50 bits per heavy atom. The second-order valence-electron chi connectivity index (χ2n) is 5.78. The molecule has 0 aliphatic heterocycles. The fourth-order valence-electron chi connectivity index (χ4n) is 2.71. The van der Waals surface area contributed by atoms with Crippen LogP contribution in [0, 0.1) is 5.92 Å². The Morgan fingerprint density at radius 2 is 1.86 bits per heavy atom. The van der Waals surface area contributed by atoms with E-state index in [0.717, 1.165) is 35.7 Å². The fraction of sp³-hybridized carbons (Fsp3) is 0.529. The van der Waals surface area contributed by atoms with Crippen LogP contribution in [0.1, 0.15) is 50.6 Å². The number of hydrogen-bond acceptors (Lipinski definition) is 3. The molecule has 0 unspecified atom stereocenters. The lowest BCUT2D eigenvalue weighted by Crippen LogP contribution is -2.32. The van der Waals surface area contributed by atoms with Crippen molar-refractivity contribution >= 4 is 27.8 Å². The van der Waals surface area contributed by atoms with Crippen molar-refractivity contribution in [2.24, 2.45) is 5.92 Å². The highest BCUT2D eigenvalue weighted by atomic mass is 79.9. The lowest BCUT2D eigenvalue weighted by atomic mass is 9.89. The summed E-state index contributed by atoms with van der Waals surface area (Å²) < 4.78 is 6.14. The summed E-state index contributed by atoms with van der Waals surface area (Å²) in [4.78, 5) is 23.8.